The SMILES string of the molecule is CC12CCC3C(CCC4N(C(=O)C5CC5)CCC34C)C1CC=C2c1cccnc1. The molecular weight excluding hydrogens is 356 g/mol. The predicted molar refractivity (Wildman–Crippen MR) is 115 cm³/mol. The molecule has 2 heterocycles. The first kappa shape index (κ1) is 18.2. The molecule has 3 heteroatoms. The number of carbonyl (C=O) groups excluding carboxylic acids is 1. The van der Waals surface area contributed by atoms with Gasteiger partial charge in [0.2, 0.25) is 5.91 Å². The van der Waals surface area contributed by atoms with E-state index in [2.05, 4.69) is 48.1 Å². The summed E-state index contributed by atoms with van der Waals surface area (Å²) in [6, 6.07) is 4.83. The number of pyridine rings is 1. The maximum absolute atomic E-state index is 12.9. The Hall–Kier alpha value is -1.64. The van der Waals surface area contributed by atoms with Gasteiger partial charge in [0.1, 0.15) is 0 Å². The van der Waals surface area contributed by atoms with Crippen LogP contribution in [-0.4, -0.2) is 28.4 Å². The van der Waals surface area contributed by atoms with Gasteiger partial charge in [0.15, 0.2) is 0 Å². The van der Waals surface area contributed by atoms with E-state index in [1.54, 1.807) is 5.57 Å². The second-order valence-corrected chi connectivity index (χ2v) is 11.1. The Bertz CT molecular complexity index is 859. The number of hydrogen-bond donors (Lipinski definition) is 0. The minimum Gasteiger partial charge on any atom is -0.339 e. The molecule has 1 saturated heterocycles. The fourth-order valence-corrected chi connectivity index (χ4v) is 8.18. The Morgan fingerprint density at radius 3 is 2.72 bits per heavy atom. The van der Waals surface area contributed by atoms with Crippen LogP contribution in [0.1, 0.15) is 70.8 Å². The summed E-state index contributed by atoms with van der Waals surface area (Å²) in [4.78, 5) is 19.6. The monoisotopic (exact) mass is 390 g/mol. The maximum Gasteiger partial charge on any atom is 0.225 e. The van der Waals surface area contributed by atoms with Crippen molar-refractivity contribution in [3.63, 3.8) is 0 Å². The second-order valence-electron chi connectivity index (χ2n) is 11.1. The molecule has 154 valence electrons. The van der Waals surface area contributed by atoms with Crippen molar-refractivity contribution in [2.24, 2.45) is 34.5 Å². The van der Waals surface area contributed by atoms with E-state index < -0.39 is 0 Å². The van der Waals surface area contributed by atoms with Crippen molar-refractivity contribution < 1.29 is 4.79 Å². The van der Waals surface area contributed by atoms with Crippen molar-refractivity contribution in [3.05, 3.63) is 36.2 Å². The van der Waals surface area contributed by atoms with Crippen molar-refractivity contribution in [1.29, 1.82) is 0 Å². The van der Waals surface area contributed by atoms with Crippen LogP contribution in [-0.2, 0) is 4.79 Å². The number of carbonyl (C=O) groups is 1. The van der Waals surface area contributed by atoms with E-state index in [1.807, 2.05) is 6.20 Å². The Balaban J connectivity index is 1.27. The molecule has 1 aromatic rings. The summed E-state index contributed by atoms with van der Waals surface area (Å²) in [7, 11) is 0. The molecule has 6 unspecified atom stereocenters. The summed E-state index contributed by atoms with van der Waals surface area (Å²) in [5.74, 6) is 3.22. The lowest BCUT2D eigenvalue weighted by Gasteiger charge is -2.57. The van der Waals surface area contributed by atoms with E-state index in [-0.39, 0.29) is 0 Å². The highest BCUT2D eigenvalue weighted by atomic mass is 16.2. The average molecular weight is 391 g/mol. The highest BCUT2D eigenvalue weighted by Gasteiger charge is 2.61. The number of nitrogens with zero attached hydrogens (tertiary/aromatic N) is 2. The van der Waals surface area contributed by atoms with E-state index in [0.717, 1.165) is 37.1 Å². The van der Waals surface area contributed by atoms with Gasteiger partial charge in [0.25, 0.3) is 0 Å². The molecule has 1 aromatic heterocycles. The quantitative estimate of drug-likeness (QED) is 0.684. The van der Waals surface area contributed by atoms with Gasteiger partial charge in [0, 0.05) is 30.9 Å². The molecule has 1 amide bonds. The summed E-state index contributed by atoms with van der Waals surface area (Å²) in [5, 5.41) is 0. The lowest BCUT2D eigenvalue weighted by molar-refractivity contribution is -0.138. The summed E-state index contributed by atoms with van der Waals surface area (Å²) >= 11 is 0. The summed E-state index contributed by atoms with van der Waals surface area (Å²) in [6.45, 7) is 6.09. The normalized spacial score (nSPS) is 43.4. The van der Waals surface area contributed by atoms with E-state index in [0.29, 0.717) is 28.7 Å². The van der Waals surface area contributed by atoms with Crippen molar-refractivity contribution in [2.75, 3.05) is 6.54 Å². The van der Waals surface area contributed by atoms with Gasteiger partial charge in [0.05, 0.1) is 0 Å². The number of hydrogen-bond acceptors (Lipinski definition) is 2. The Kier molecular flexibility index (Phi) is 3.87. The van der Waals surface area contributed by atoms with Crippen LogP contribution in [0.15, 0.2) is 30.6 Å². The predicted octanol–water partition coefficient (Wildman–Crippen LogP) is 5.33. The summed E-state index contributed by atoms with van der Waals surface area (Å²) in [5.41, 5.74) is 3.53. The molecule has 4 fully saturated rings. The Labute approximate surface area is 175 Å². The van der Waals surface area contributed by atoms with Crippen molar-refractivity contribution >= 4 is 11.5 Å². The minimum absolute atomic E-state index is 0.301. The average Bonchev–Trinajstić information content (AvgIpc) is 3.43. The van der Waals surface area contributed by atoms with Crippen LogP contribution >= 0.6 is 0 Å². The van der Waals surface area contributed by atoms with Gasteiger partial charge >= 0.3 is 0 Å². The minimum atomic E-state index is 0.301. The number of allylic oxidation sites excluding steroid dienone is 2. The summed E-state index contributed by atoms with van der Waals surface area (Å²) in [6.07, 6.45) is 16.4. The van der Waals surface area contributed by atoms with Gasteiger partial charge in [-0.3, -0.25) is 9.78 Å². The molecule has 1 aliphatic heterocycles. The molecular formula is C26H34N2O. The number of fused-ring (bicyclic) bond motifs is 5. The second kappa shape index (κ2) is 6.18. The molecule has 29 heavy (non-hydrogen) atoms. The Morgan fingerprint density at radius 1 is 1.10 bits per heavy atom. The largest absolute Gasteiger partial charge is 0.339 e. The fourth-order valence-electron chi connectivity index (χ4n) is 8.18. The molecule has 4 aliphatic carbocycles. The smallest absolute Gasteiger partial charge is 0.225 e. The maximum atomic E-state index is 12.9. The molecule has 0 spiro atoms. The van der Waals surface area contributed by atoms with Gasteiger partial charge in [-0.1, -0.05) is 26.0 Å². The topological polar surface area (TPSA) is 33.2 Å². The summed E-state index contributed by atoms with van der Waals surface area (Å²) < 4.78 is 0. The van der Waals surface area contributed by atoms with Crippen LogP contribution in [0.4, 0.5) is 0 Å². The first-order chi connectivity index (χ1) is 14.0. The molecule has 6 atom stereocenters. The lowest BCUT2D eigenvalue weighted by atomic mass is 9.48. The van der Waals surface area contributed by atoms with Crippen LogP contribution in [0.2, 0.25) is 0 Å². The standard InChI is InChI=1S/C26H34N2O/c1-25-12-11-22-19(21(25)9-8-20(25)18-4-3-14-27-16-18)7-10-23-26(22,2)13-15-28(23)24(29)17-5-6-17/h3-4,8,14,16-17,19,21-23H,5-7,9-13,15H2,1-2H3. The zero-order chi connectivity index (χ0) is 19.8. The van der Waals surface area contributed by atoms with Crippen molar-refractivity contribution in [1.82, 2.24) is 9.88 Å². The first-order valence-corrected chi connectivity index (χ1v) is 11.9. The van der Waals surface area contributed by atoms with Gasteiger partial charge in [-0.15, -0.1) is 0 Å². The fraction of sp³-hybridized carbons (Fsp3) is 0.692. The molecule has 0 bridgehead atoms. The van der Waals surface area contributed by atoms with Crippen LogP contribution in [0.5, 0.6) is 0 Å². The molecule has 0 N–H and O–H groups in total. The lowest BCUT2D eigenvalue weighted by Crippen LogP contribution is -2.54. The van der Waals surface area contributed by atoms with E-state index >= 15 is 0 Å². The van der Waals surface area contributed by atoms with Crippen molar-refractivity contribution in [3.8, 4) is 0 Å². The van der Waals surface area contributed by atoms with E-state index in [9.17, 15) is 4.79 Å². The molecule has 0 aromatic carbocycles. The third-order valence-corrected chi connectivity index (χ3v) is 9.85. The molecule has 6 rings (SSSR count). The number of aromatic nitrogens is 1. The van der Waals surface area contributed by atoms with E-state index in [4.69, 9.17) is 0 Å². The number of likely N-dealkylation sites (tertiary alicyclic amines) is 1. The molecule has 3 saturated carbocycles. The highest BCUT2D eigenvalue weighted by molar-refractivity contribution is 5.81. The van der Waals surface area contributed by atoms with Crippen LogP contribution in [0.3, 0.4) is 0 Å². The van der Waals surface area contributed by atoms with Crippen LogP contribution in [0.25, 0.3) is 5.57 Å². The van der Waals surface area contributed by atoms with Gasteiger partial charge in [-0.25, -0.2) is 0 Å². The van der Waals surface area contributed by atoms with Crippen LogP contribution in [0, 0.1) is 34.5 Å². The van der Waals surface area contributed by atoms with Gasteiger partial charge in [-0.2, -0.15) is 0 Å². The van der Waals surface area contributed by atoms with Gasteiger partial charge in [-0.05, 0) is 97.2 Å². The molecule has 3 nitrogen and oxygen atoms in total. The highest BCUT2D eigenvalue weighted by Crippen LogP contribution is 2.66. The van der Waals surface area contributed by atoms with Gasteiger partial charge < -0.3 is 4.90 Å². The Morgan fingerprint density at radius 2 is 1.97 bits per heavy atom. The third-order valence-electron chi connectivity index (χ3n) is 9.85. The first-order valence-electron chi connectivity index (χ1n) is 11.9. The third kappa shape index (κ3) is 2.48. The number of rotatable bonds is 2. The molecule has 5 aliphatic rings. The number of amides is 1. The molecule has 0 radical (unpaired) electrons. The van der Waals surface area contributed by atoms with Crippen molar-refractivity contribution in [2.45, 2.75) is 71.3 Å². The van der Waals surface area contributed by atoms with E-state index in [1.165, 1.54) is 44.1 Å². The zero-order valence-corrected chi connectivity index (χ0v) is 17.9. The van der Waals surface area contributed by atoms with Crippen LogP contribution < -0.4 is 0 Å². The zero-order valence-electron chi connectivity index (χ0n) is 17.9.